The summed E-state index contributed by atoms with van der Waals surface area (Å²) < 4.78 is 0. The summed E-state index contributed by atoms with van der Waals surface area (Å²) in [4.78, 5) is 5.15. The number of benzene rings is 7. The molecule has 0 spiro atoms. The molecule has 9 aliphatic carbocycles. The zero-order valence-corrected chi connectivity index (χ0v) is 38.4. The van der Waals surface area contributed by atoms with Crippen LogP contribution >= 0.6 is 0 Å². The molecule has 4 fully saturated rings. The lowest BCUT2D eigenvalue weighted by Gasteiger charge is -2.31. The van der Waals surface area contributed by atoms with Crippen molar-refractivity contribution in [1.82, 2.24) is 0 Å². The molecule has 0 amide bonds. The number of nitrogens with zero attached hydrogens (tertiary/aromatic N) is 2. The van der Waals surface area contributed by atoms with Crippen LogP contribution in [0, 0.1) is 23.7 Å². The van der Waals surface area contributed by atoms with Crippen LogP contribution in [0.3, 0.4) is 0 Å². The minimum atomic E-state index is -0.0737. The van der Waals surface area contributed by atoms with Crippen LogP contribution in [0.15, 0.2) is 158 Å². The van der Waals surface area contributed by atoms with Gasteiger partial charge in [0.25, 0.3) is 0 Å². The van der Waals surface area contributed by atoms with E-state index < -0.39 is 0 Å². The van der Waals surface area contributed by atoms with Crippen molar-refractivity contribution >= 4 is 34.1 Å². The van der Waals surface area contributed by atoms with Gasteiger partial charge in [-0.2, -0.15) is 0 Å². The van der Waals surface area contributed by atoms with Gasteiger partial charge in [0.15, 0.2) is 0 Å². The standard InChI is InChI=1S/C63H62N2/c1-63(2)59-11-7-6-10-55(59)56-33-32-54(40-60(56)63)65(53-30-26-46(27-31-53)58-37-44-17-23-50(58)35-44)62-39-42-13-19-47-18-12-41(14-20-48(62)21-15-42)38-61(47)64(51-8-4-3-5-9-51)52-28-24-45(25-29-52)57-36-43-16-22-49(57)34-43/h3-12,15,18,21,24-33,38-40,43-44,49-50,57-58H,13-14,16-17,19-20,22-23,34-37H2,1-2H3. The fraction of sp³-hybridized carbons (Fsp3) is 0.333. The number of anilines is 6. The average molecular weight is 847 g/mol. The predicted octanol–water partition coefficient (Wildman–Crippen LogP) is 16.6. The molecule has 65 heavy (non-hydrogen) atoms. The molecule has 4 saturated carbocycles. The van der Waals surface area contributed by atoms with Crippen molar-refractivity contribution in [2.24, 2.45) is 23.7 Å². The van der Waals surface area contributed by atoms with Gasteiger partial charge in [-0.1, -0.05) is 124 Å². The fourth-order valence-electron chi connectivity index (χ4n) is 14.2. The summed E-state index contributed by atoms with van der Waals surface area (Å²) in [7, 11) is 0. The van der Waals surface area contributed by atoms with Crippen LogP contribution in [0.1, 0.15) is 122 Å². The number of hydrogen-bond donors (Lipinski definition) is 0. The Morgan fingerprint density at radius 3 is 1.43 bits per heavy atom. The molecule has 2 heteroatoms. The second kappa shape index (κ2) is 15.6. The monoisotopic (exact) mass is 846 g/mol. The quantitative estimate of drug-likeness (QED) is 0.150. The van der Waals surface area contributed by atoms with Crippen molar-refractivity contribution in [2.75, 3.05) is 9.80 Å². The first-order valence-electron chi connectivity index (χ1n) is 25.2. The molecule has 8 bridgehead atoms. The molecule has 2 nitrogen and oxygen atoms in total. The van der Waals surface area contributed by atoms with Crippen molar-refractivity contribution in [1.29, 1.82) is 0 Å². The summed E-state index contributed by atoms with van der Waals surface area (Å²) in [6.07, 6.45) is 15.2. The van der Waals surface area contributed by atoms with E-state index in [1.54, 1.807) is 11.1 Å². The van der Waals surface area contributed by atoms with E-state index in [2.05, 4.69) is 181 Å². The highest BCUT2D eigenvalue weighted by atomic mass is 15.2. The molecule has 0 aromatic heterocycles. The first-order chi connectivity index (χ1) is 31.9. The number of hydrogen-bond acceptors (Lipinski definition) is 2. The van der Waals surface area contributed by atoms with E-state index in [0.29, 0.717) is 0 Å². The third-order valence-electron chi connectivity index (χ3n) is 17.6. The maximum atomic E-state index is 2.61. The van der Waals surface area contributed by atoms with Crippen LogP contribution in [0.2, 0.25) is 0 Å². The van der Waals surface area contributed by atoms with Gasteiger partial charge in [0.05, 0.1) is 0 Å². The zero-order chi connectivity index (χ0) is 43.2. The van der Waals surface area contributed by atoms with Gasteiger partial charge in [-0.15, -0.1) is 0 Å². The minimum absolute atomic E-state index is 0.0737. The highest BCUT2D eigenvalue weighted by Gasteiger charge is 2.41. The van der Waals surface area contributed by atoms with Gasteiger partial charge < -0.3 is 9.80 Å². The Morgan fingerprint density at radius 1 is 0.400 bits per heavy atom. The Bertz CT molecular complexity index is 2910. The number of fused-ring (bicyclic) bond motifs is 7. The molecule has 7 aromatic rings. The molecule has 0 heterocycles. The van der Waals surface area contributed by atoms with Crippen molar-refractivity contribution in [3.05, 3.63) is 202 Å². The summed E-state index contributed by atoms with van der Waals surface area (Å²) in [5, 5.41) is 0. The molecule has 0 saturated heterocycles. The molecule has 7 aromatic carbocycles. The zero-order valence-electron chi connectivity index (χ0n) is 38.4. The summed E-state index contributed by atoms with van der Waals surface area (Å²) in [5.41, 5.74) is 21.8. The first kappa shape index (κ1) is 39.5. The van der Waals surface area contributed by atoms with E-state index >= 15 is 0 Å². The third-order valence-corrected chi connectivity index (χ3v) is 17.6. The maximum Gasteiger partial charge on any atom is 0.0496 e. The number of para-hydroxylation sites is 1. The predicted molar refractivity (Wildman–Crippen MR) is 271 cm³/mol. The van der Waals surface area contributed by atoms with E-state index in [-0.39, 0.29) is 5.41 Å². The van der Waals surface area contributed by atoms with Gasteiger partial charge >= 0.3 is 0 Å². The largest absolute Gasteiger partial charge is 0.310 e. The Labute approximate surface area is 387 Å². The molecular weight excluding hydrogens is 785 g/mol. The van der Waals surface area contributed by atoms with Gasteiger partial charge in [-0.05, 0) is 216 Å². The average Bonchev–Trinajstić information content (AvgIpc) is 4.21. The minimum Gasteiger partial charge on any atom is -0.310 e. The van der Waals surface area contributed by atoms with E-state index in [1.165, 1.54) is 130 Å². The van der Waals surface area contributed by atoms with Crippen molar-refractivity contribution in [3.8, 4) is 11.1 Å². The molecule has 0 aliphatic heterocycles. The van der Waals surface area contributed by atoms with Gasteiger partial charge in [0.2, 0.25) is 0 Å². The van der Waals surface area contributed by atoms with Crippen molar-refractivity contribution < 1.29 is 0 Å². The molecule has 6 atom stereocenters. The van der Waals surface area contributed by atoms with Crippen molar-refractivity contribution in [2.45, 2.75) is 108 Å². The second-order valence-electron chi connectivity index (χ2n) is 21.6. The highest BCUT2D eigenvalue weighted by Crippen LogP contribution is 2.55. The number of aryl methyl sites for hydroxylation is 4. The summed E-state index contributed by atoms with van der Waals surface area (Å²) in [5.74, 6) is 5.10. The van der Waals surface area contributed by atoms with E-state index in [1.807, 2.05) is 0 Å². The number of rotatable bonds is 8. The van der Waals surface area contributed by atoms with E-state index in [9.17, 15) is 0 Å². The molecular formula is C63H62N2. The second-order valence-corrected chi connectivity index (χ2v) is 21.6. The third kappa shape index (κ3) is 6.80. The Kier molecular flexibility index (Phi) is 9.51. The SMILES string of the molecule is CC1(C)c2ccccc2-c2ccc(N(c3ccc(C4CC5CCC4C5)cc3)c3cc4ccc3CCc3ccc(c(N(c5ccccc5)c5ccc(C6CC7CCC6C7)cc5)c3)CC4)cc21. The van der Waals surface area contributed by atoms with Crippen LogP contribution in [0.4, 0.5) is 34.1 Å². The molecule has 6 unspecified atom stereocenters. The maximum absolute atomic E-state index is 2.61. The van der Waals surface area contributed by atoms with Gasteiger partial charge in [0, 0.05) is 39.5 Å². The van der Waals surface area contributed by atoms with E-state index in [0.717, 1.165) is 61.2 Å². The van der Waals surface area contributed by atoms with Crippen LogP contribution in [-0.2, 0) is 31.1 Å². The van der Waals surface area contributed by atoms with Crippen LogP contribution < -0.4 is 9.80 Å². The molecule has 9 aliphatic rings. The molecule has 0 N–H and O–H groups in total. The molecule has 16 rings (SSSR count). The summed E-state index contributed by atoms with van der Waals surface area (Å²) in [6, 6.07) is 61.8. The lowest BCUT2D eigenvalue weighted by Crippen LogP contribution is -2.18. The Balaban J connectivity index is 0.874. The topological polar surface area (TPSA) is 6.48 Å². The Morgan fingerprint density at radius 2 is 0.892 bits per heavy atom. The fourth-order valence-corrected chi connectivity index (χ4v) is 14.2. The first-order valence-corrected chi connectivity index (χ1v) is 25.2. The van der Waals surface area contributed by atoms with E-state index in [4.69, 9.17) is 0 Å². The van der Waals surface area contributed by atoms with Gasteiger partial charge in [-0.25, -0.2) is 0 Å². The molecule has 0 radical (unpaired) electrons. The van der Waals surface area contributed by atoms with Crippen LogP contribution in [0.5, 0.6) is 0 Å². The molecule has 324 valence electrons. The summed E-state index contributed by atoms with van der Waals surface area (Å²) >= 11 is 0. The van der Waals surface area contributed by atoms with Crippen LogP contribution in [0.25, 0.3) is 11.1 Å². The summed E-state index contributed by atoms with van der Waals surface area (Å²) in [6.45, 7) is 4.82. The highest BCUT2D eigenvalue weighted by molar-refractivity contribution is 5.86. The van der Waals surface area contributed by atoms with Crippen molar-refractivity contribution in [3.63, 3.8) is 0 Å². The normalized spacial score (nSPS) is 24.2. The smallest absolute Gasteiger partial charge is 0.0496 e. The van der Waals surface area contributed by atoms with Gasteiger partial charge in [-0.3, -0.25) is 0 Å². The van der Waals surface area contributed by atoms with Gasteiger partial charge in [0.1, 0.15) is 0 Å². The Hall–Kier alpha value is -5.86. The lowest BCUT2D eigenvalue weighted by atomic mass is 9.82. The van der Waals surface area contributed by atoms with Crippen LogP contribution in [-0.4, -0.2) is 0 Å². The lowest BCUT2D eigenvalue weighted by molar-refractivity contribution is 0.420.